The normalized spacial score (nSPS) is 12.2. The molecule has 2 heteroatoms. The molecule has 2 nitrogen and oxygen atoms in total. The third-order valence-corrected chi connectivity index (χ3v) is 3.00. The molecular weight excluding hydrogens is 234 g/mol. The van der Waals surface area contributed by atoms with E-state index in [0.29, 0.717) is 6.61 Å². The highest BCUT2D eigenvalue weighted by atomic mass is 16.5. The second-order valence-electron chi connectivity index (χ2n) is 5.07. The van der Waals surface area contributed by atoms with E-state index in [-0.39, 0.29) is 6.04 Å². The fourth-order valence-corrected chi connectivity index (χ4v) is 2.09. The maximum absolute atomic E-state index is 5.92. The van der Waals surface area contributed by atoms with Crippen LogP contribution in [0.1, 0.15) is 23.6 Å². The number of hydrogen-bond donors (Lipinski definition) is 1. The van der Waals surface area contributed by atoms with Crippen LogP contribution in [0.4, 0.5) is 0 Å². The molecule has 0 aliphatic heterocycles. The van der Waals surface area contributed by atoms with Gasteiger partial charge in [0, 0.05) is 6.04 Å². The molecule has 0 saturated heterocycles. The van der Waals surface area contributed by atoms with E-state index < -0.39 is 0 Å². The van der Waals surface area contributed by atoms with Crippen LogP contribution in [0.3, 0.4) is 0 Å². The summed E-state index contributed by atoms with van der Waals surface area (Å²) in [5, 5.41) is 0. The molecule has 0 spiro atoms. The van der Waals surface area contributed by atoms with Gasteiger partial charge in [-0.2, -0.15) is 0 Å². The Hall–Kier alpha value is -1.80. The van der Waals surface area contributed by atoms with Crippen molar-refractivity contribution in [3.63, 3.8) is 0 Å². The number of aryl methyl sites for hydroxylation is 1. The van der Waals surface area contributed by atoms with E-state index in [1.807, 2.05) is 31.2 Å². The molecule has 0 aromatic heterocycles. The molecule has 2 N–H and O–H groups in total. The van der Waals surface area contributed by atoms with Crippen molar-refractivity contribution in [1.82, 2.24) is 0 Å². The monoisotopic (exact) mass is 255 g/mol. The van der Waals surface area contributed by atoms with Gasteiger partial charge in [0.05, 0.1) is 0 Å². The first-order chi connectivity index (χ1) is 9.15. The van der Waals surface area contributed by atoms with E-state index in [2.05, 4.69) is 31.2 Å². The largest absolute Gasteiger partial charge is 0.489 e. The minimum absolute atomic E-state index is 0.140. The first-order valence-corrected chi connectivity index (χ1v) is 6.67. The minimum Gasteiger partial charge on any atom is -0.489 e. The lowest BCUT2D eigenvalue weighted by Crippen LogP contribution is -2.18. The van der Waals surface area contributed by atoms with Gasteiger partial charge in [0.2, 0.25) is 0 Å². The summed E-state index contributed by atoms with van der Waals surface area (Å²) < 4.78 is 5.92. The van der Waals surface area contributed by atoms with Gasteiger partial charge in [0.1, 0.15) is 12.4 Å². The second-order valence-corrected chi connectivity index (χ2v) is 5.07. The van der Waals surface area contributed by atoms with Crippen LogP contribution in [0.25, 0.3) is 0 Å². The fraction of sp³-hybridized carbons (Fsp3) is 0.294. The van der Waals surface area contributed by atoms with Crippen LogP contribution in [0.5, 0.6) is 5.75 Å². The highest BCUT2D eigenvalue weighted by Gasteiger charge is 2.07. The topological polar surface area (TPSA) is 35.2 Å². The molecule has 0 aliphatic rings. The Morgan fingerprint density at radius 1 is 1.11 bits per heavy atom. The molecule has 100 valence electrons. The zero-order valence-electron chi connectivity index (χ0n) is 11.6. The van der Waals surface area contributed by atoms with E-state index >= 15 is 0 Å². The number of rotatable bonds is 5. The highest BCUT2D eigenvalue weighted by Crippen LogP contribution is 2.22. The molecule has 0 saturated carbocycles. The van der Waals surface area contributed by atoms with Crippen LogP contribution in [-0.2, 0) is 13.0 Å². The molecule has 0 bridgehead atoms. The van der Waals surface area contributed by atoms with E-state index in [0.717, 1.165) is 12.2 Å². The highest BCUT2D eigenvalue weighted by molar-refractivity contribution is 5.37. The molecule has 2 aromatic rings. The van der Waals surface area contributed by atoms with Crippen LogP contribution in [-0.4, -0.2) is 6.04 Å². The Bertz CT molecular complexity index is 520. The predicted molar refractivity (Wildman–Crippen MR) is 79.3 cm³/mol. The molecule has 0 amide bonds. The number of ether oxygens (including phenoxy) is 1. The Morgan fingerprint density at radius 2 is 1.84 bits per heavy atom. The molecule has 0 aliphatic carbocycles. The van der Waals surface area contributed by atoms with Crippen molar-refractivity contribution in [2.45, 2.75) is 32.9 Å². The lowest BCUT2D eigenvalue weighted by molar-refractivity contribution is 0.302. The molecule has 0 radical (unpaired) electrons. The summed E-state index contributed by atoms with van der Waals surface area (Å²) in [4.78, 5) is 0. The molecular formula is C17H21NO. The SMILES string of the molecule is Cc1ccc(OCc2ccccc2)c(CC(C)N)c1. The Labute approximate surface area is 115 Å². The Morgan fingerprint density at radius 3 is 2.53 bits per heavy atom. The van der Waals surface area contributed by atoms with E-state index in [1.54, 1.807) is 0 Å². The fourth-order valence-electron chi connectivity index (χ4n) is 2.09. The number of benzene rings is 2. The molecule has 2 aromatic carbocycles. The Balaban J connectivity index is 2.11. The van der Waals surface area contributed by atoms with Crippen molar-refractivity contribution in [3.05, 3.63) is 65.2 Å². The van der Waals surface area contributed by atoms with Crippen LogP contribution in [0.2, 0.25) is 0 Å². The van der Waals surface area contributed by atoms with Gasteiger partial charge in [0.15, 0.2) is 0 Å². The van der Waals surface area contributed by atoms with Crippen LogP contribution >= 0.6 is 0 Å². The van der Waals surface area contributed by atoms with Crippen molar-refractivity contribution < 1.29 is 4.74 Å². The van der Waals surface area contributed by atoms with Crippen molar-refractivity contribution in [2.75, 3.05) is 0 Å². The van der Waals surface area contributed by atoms with E-state index in [4.69, 9.17) is 10.5 Å². The van der Waals surface area contributed by atoms with Gasteiger partial charge in [0.25, 0.3) is 0 Å². The number of hydrogen-bond acceptors (Lipinski definition) is 2. The third kappa shape index (κ3) is 4.11. The van der Waals surface area contributed by atoms with E-state index in [9.17, 15) is 0 Å². The molecule has 0 heterocycles. The van der Waals surface area contributed by atoms with Crippen molar-refractivity contribution >= 4 is 0 Å². The van der Waals surface area contributed by atoms with Crippen molar-refractivity contribution in [1.29, 1.82) is 0 Å². The Kier molecular flexibility index (Phi) is 4.58. The summed E-state index contributed by atoms with van der Waals surface area (Å²) in [6.07, 6.45) is 0.839. The van der Waals surface area contributed by atoms with Gasteiger partial charge in [-0.1, -0.05) is 48.0 Å². The standard InChI is InChI=1S/C17H21NO/c1-13-8-9-17(16(10-13)11-14(2)18)19-12-15-6-4-3-5-7-15/h3-10,14H,11-12,18H2,1-2H3. The first kappa shape index (κ1) is 13.6. The van der Waals surface area contributed by atoms with Crippen LogP contribution in [0.15, 0.2) is 48.5 Å². The first-order valence-electron chi connectivity index (χ1n) is 6.67. The lowest BCUT2D eigenvalue weighted by atomic mass is 10.0. The molecule has 2 rings (SSSR count). The van der Waals surface area contributed by atoms with Crippen LogP contribution < -0.4 is 10.5 Å². The van der Waals surface area contributed by atoms with Gasteiger partial charge in [-0.25, -0.2) is 0 Å². The summed E-state index contributed by atoms with van der Waals surface area (Å²) in [6.45, 7) is 4.70. The van der Waals surface area contributed by atoms with Crippen molar-refractivity contribution in [3.8, 4) is 5.75 Å². The minimum atomic E-state index is 0.140. The van der Waals surface area contributed by atoms with Gasteiger partial charge in [-0.05, 0) is 37.5 Å². The smallest absolute Gasteiger partial charge is 0.123 e. The predicted octanol–water partition coefficient (Wildman–Crippen LogP) is 3.46. The van der Waals surface area contributed by atoms with E-state index in [1.165, 1.54) is 16.7 Å². The van der Waals surface area contributed by atoms with Gasteiger partial charge < -0.3 is 10.5 Å². The summed E-state index contributed by atoms with van der Waals surface area (Å²) in [7, 11) is 0. The quantitative estimate of drug-likeness (QED) is 0.888. The maximum atomic E-state index is 5.92. The number of nitrogens with two attached hydrogens (primary N) is 1. The molecule has 1 atom stereocenters. The summed E-state index contributed by atoms with van der Waals surface area (Å²) in [6, 6.07) is 16.6. The van der Waals surface area contributed by atoms with Crippen LogP contribution in [0, 0.1) is 6.92 Å². The summed E-state index contributed by atoms with van der Waals surface area (Å²) >= 11 is 0. The van der Waals surface area contributed by atoms with Gasteiger partial charge in [-0.3, -0.25) is 0 Å². The summed E-state index contributed by atoms with van der Waals surface area (Å²) in [5.74, 6) is 0.937. The van der Waals surface area contributed by atoms with Crippen molar-refractivity contribution in [2.24, 2.45) is 5.73 Å². The maximum Gasteiger partial charge on any atom is 0.123 e. The van der Waals surface area contributed by atoms with Gasteiger partial charge >= 0.3 is 0 Å². The third-order valence-electron chi connectivity index (χ3n) is 3.00. The lowest BCUT2D eigenvalue weighted by Gasteiger charge is -2.14. The average Bonchev–Trinajstić information content (AvgIpc) is 2.38. The zero-order chi connectivity index (χ0) is 13.7. The molecule has 0 fully saturated rings. The molecule has 19 heavy (non-hydrogen) atoms. The molecule has 1 unspecified atom stereocenters. The second kappa shape index (κ2) is 6.39. The zero-order valence-corrected chi connectivity index (χ0v) is 11.6. The summed E-state index contributed by atoms with van der Waals surface area (Å²) in [5.41, 5.74) is 9.50. The average molecular weight is 255 g/mol. The van der Waals surface area contributed by atoms with Gasteiger partial charge in [-0.15, -0.1) is 0 Å².